The molecule has 1 aromatic carbocycles. The van der Waals surface area contributed by atoms with E-state index in [9.17, 15) is 4.79 Å². The maximum absolute atomic E-state index is 12.9. The molecule has 0 aliphatic carbocycles. The molecule has 0 unspecified atom stereocenters. The van der Waals surface area contributed by atoms with E-state index in [-0.39, 0.29) is 5.78 Å². The number of thiophene rings is 1. The van der Waals surface area contributed by atoms with E-state index in [1.54, 1.807) is 24.5 Å². The largest absolute Gasteiger partial charge is 0.497 e. The average Bonchev–Trinajstić information content (AvgIpc) is 3.24. The third-order valence-electron chi connectivity index (χ3n) is 5.07. The van der Waals surface area contributed by atoms with Crippen molar-refractivity contribution < 1.29 is 14.3 Å². The Kier molecular flexibility index (Phi) is 5.29. The van der Waals surface area contributed by atoms with Gasteiger partial charge in [0.15, 0.2) is 0 Å². The van der Waals surface area contributed by atoms with E-state index in [1.165, 1.54) is 10.5 Å². The van der Waals surface area contributed by atoms with Crippen LogP contribution in [0.5, 0.6) is 5.75 Å². The van der Waals surface area contributed by atoms with E-state index in [2.05, 4.69) is 22.5 Å². The first-order chi connectivity index (χ1) is 13.2. The molecule has 0 spiro atoms. The van der Waals surface area contributed by atoms with Crippen molar-refractivity contribution in [2.24, 2.45) is 0 Å². The number of hydrogen-bond donors (Lipinski definition) is 0. The Labute approximate surface area is 163 Å². The summed E-state index contributed by atoms with van der Waals surface area (Å²) in [4.78, 5) is 17.3. The number of ketones is 1. The predicted molar refractivity (Wildman–Crippen MR) is 108 cm³/mol. The molecule has 0 radical (unpaired) electrons. The monoisotopic (exact) mass is 384 g/mol. The first-order valence-corrected chi connectivity index (χ1v) is 10.1. The van der Waals surface area contributed by atoms with Gasteiger partial charge in [0.05, 0.1) is 25.2 Å². The quantitative estimate of drug-likeness (QED) is 0.610. The SMILES string of the molecule is COc1cccc(C(=O)c2cc3cc(C)n(CCN4CCOCC4)c3s2)c1. The normalized spacial score (nSPS) is 15.3. The molecule has 2 aromatic heterocycles. The number of carbonyl (C=O) groups excluding carboxylic acids is 1. The fourth-order valence-corrected chi connectivity index (χ4v) is 4.72. The molecule has 0 N–H and O–H groups in total. The van der Waals surface area contributed by atoms with Crippen LogP contribution in [0, 0.1) is 6.92 Å². The second-order valence-corrected chi connectivity index (χ2v) is 7.85. The molecule has 1 fully saturated rings. The Balaban J connectivity index is 1.56. The van der Waals surface area contributed by atoms with E-state index in [0.717, 1.165) is 49.7 Å². The summed E-state index contributed by atoms with van der Waals surface area (Å²) in [6.45, 7) is 7.70. The van der Waals surface area contributed by atoms with Crippen LogP contribution in [-0.4, -0.2) is 55.2 Å². The molecule has 0 saturated carbocycles. The Morgan fingerprint density at radius 1 is 1.19 bits per heavy atom. The number of benzene rings is 1. The van der Waals surface area contributed by atoms with Crippen molar-refractivity contribution in [2.75, 3.05) is 40.0 Å². The van der Waals surface area contributed by atoms with Gasteiger partial charge < -0.3 is 14.0 Å². The molecule has 6 heteroatoms. The zero-order valence-electron chi connectivity index (χ0n) is 15.7. The lowest BCUT2D eigenvalue weighted by atomic mass is 10.1. The fourth-order valence-electron chi connectivity index (χ4n) is 3.54. The summed E-state index contributed by atoms with van der Waals surface area (Å²) in [5.74, 6) is 0.750. The first-order valence-electron chi connectivity index (χ1n) is 9.24. The summed E-state index contributed by atoms with van der Waals surface area (Å²) in [6.07, 6.45) is 0. The maximum atomic E-state index is 12.9. The third kappa shape index (κ3) is 3.78. The number of morpholine rings is 1. The van der Waals surface area contributed by atoms with Crippen molar-refractivity contribution in [1.29, 1.82) is 0 Å². The molecule has 0 bridgehead atoms. The molecule has 0 atom stereocenters. The highest BCUT2D eigenvalue weighted by Crippen LogP contribution is 2.31. The third-order valence-corrected chi connectivity index (χ3v) is 6.25. The highest BCUT2D eigenvalue weighted by Gasteiger charge is 2.18. The van der Waals surface area contributed by atoms with Gasteiger partial charge in [-0.2, -0.15) is 0 Å². The second kappa shape index (κ2) is 7.84. The summed E-state index contributed by atoms with van der Waals surface area (Å²) < 4.78 is 13.0. The van der Waals surface area contributed by atoms with Crippen LogP contribution < -0.4 is 4.74 Å². The van der Waals surface area contributed by atoms with Crippen LogP contribution in [0.3, 0.4) is 0 Å². The highest BCUT2D eigenvalue weighted by molar-refractivity contribution is 7.20. The van der Waals surface area contributed by atoms with Crippen molar-refractivity contribution in [3.63, 3.8) is 0 Å². The topological polar surface area (TPSA) is 43.7 Å². The van der Waals surface area contributed by atoms with Crippen LogP contribution in [0.1, 0.15) is 20.9 Å². The van der Waals surface area contributed by atoms with Crippen molar-refractivity contribution in [1.82, 2.24) is 9.47 Å². The van der Waals surface area contributed by atoms with Crippen LogP contribution in [-0.2, 0) is 11.3 Å². The van der Waals surface area contributed by atoms with E-state index in [4.69, 9.17) is 9.47 Å². The lowest BCUT2D eigenvalue weighted by Crippen LogP contribution is -2.38. The van der Waals surface area contributed by atoms with Gasteiger partial charge in [0.25, 0.3) is 0 Å². The summed E-state index contributed by atoms with van der Waals surface area (Å²) in [5.41, 5.74) is 1.90. The van der Waals surface area contributed by atoms with Crippen LogP contribution in [0.4, 0.5) is 0 Å². The van der Waals surface area contributed by atoms with Crippen LogP contribution >= 0.6 is 11.3 Å². The Morgan fingerprint density at radius 2 is 2.00 bits per heavy atom. The van der Waals surface area contributed by atoms with Gasteiger partial charge in [-0.1, -0.05) is 12.1 Å². The molecular weight excluding hydrogens is 360 g/mol. The fraction of sp³-hybridized carbons (Fsp3) is 0.381. The Bertz CT molecular complexity index is 954. The van der Waals surface area contributed by atoms with E-state index < -0.39 is 0 Å². The molecule has 4 rings (SSSR count). The number of aromatic nitrogens is 1. The van der Waals surface area contributed by atoms with Gasteiger partial charge in [0, 0.05) is 42.8 Å². The number of hydrogen-bond acceptors (Lipinski definition) is 5. The van der Waals surface area contributed by atoms with Crippen LogP contribution in [0.25, 0.3) is 10.2 Å². The zero-order chi connectivity index (χ0) is 18.8. The van der Waals surface area contributed by atoms with E-state index in [0.29, 0.717) is 11.3 Å². The van der Waals surface area contributed by atoms with Gasteiger partial charge in [-0.25, -0.2) is 0 Å². The minimum Gasteiger partial charge on any atom is -0.497 e. The number of rotatable bonds is 6. The van der Waals surface area contributed by atoms with Crippen molar-refractivity contribution >= 4 is 27.3 Å². The van der Waals surface area contributed by atoms with Crippen molar-refractivity contribution in [3.05, 3.63) is 52.5 Å². The summed E-state index contributed by atoms with van der Waals surface area (Å²) in [6, 6.07) is 11.5. The highest BCUT2D eigenvalue weighted by atomic mass is 32.1. The Morgan fingerprint density at radius 3 is 2.78 bits per heavy atom. The zero-order valence-corrected chi connectivity index (χ0v) is 16.6. The minimum atomic E-state index is 0.0486. The number of nitrogens with zero attached hydrogens (tertiary/aromatic N) is 2. The molecule has 1 saturated heterocycles. The standard InChI is InChI=1S/C21H24N2O3S/c1-15-12-17-14-19(20(24)16-4-3-5-18(13-16)25-2)27-21(17)23(15)7-6-22-8-10-26-11-9-22/h3-5,12-14H,6-11H2,1-2H3. The number of fused-ring (bicyclic) bond motifs is 1. The van der Waals surface area contributed by atoms with Gasteiger partial charge in [-0.3, -0.25) is 9.69 Å². The predicted octanol–water partition coefficient (Wildman–Crippen LogP) is 3.58. The number of ether oxygens (including phenoxy) is 2. The molecule has 3 aromatic rings. The summed E-state index contributed by atoms with van der Waals surface area (Å²) in [5, 5.41) is 1.14. The number of methoxy groups -OCH3 is 1. The number of carbonyl (C=O) groups is 1. The lowest BCUT2D eigenvalue weighted by molar-refractivity contribution is 0.0365. The van der Waals surface area contributed by atoms with Crippen molar-refractivity contribution in [2.45, 2.75) is 13.5 Å². The molecular formula is C21H24N2O3S. The smallest absolute Gasteiger partial charge is 0.203 e. The van der Waals surface area contributed by atoms with E-state index in [1.807, 2.05) is 24.3 Å². The van der Waals surface area contributed by atoms with Crippen molar-refractivity contribution in [3.8, 4) is 5.75 Å². The number of aryl methyl sites for hydroxylation is 1. The minimum absolute atomic E-state index is 0.0486. The molecule has 5 nitrogen and oxygen atoms in total. The molecule has 1 aliphatic heterocycles. The van der Waals surface area contributed by atoms with Gasteiger partial charge >= 0.3 is 0 Å². The summed E-state index contributed by atoms with van der Waals surface area (Å²) in [7, 11) is 1.61. The van der Waals surface area contributed by atoms with Gasteiger partial charge in [-0.05, 0) is 31.2 Å². The van der Waals surface area contributed by atoms with E-state index >= 15 is 0 Å². The van der Waals surface area contributed by atoms with Crippen LogP contribution in [0.2, 0.25) is 0 Å². The van der Waals surface area contributed by atoms with Crippen LogP contribution in [0.15, 0.2) is 36.4 Å². The molecule has 142 valence electrons. The van der Waals surface area contributed by atoms with Gasteiger partial charge in [0.2, 0.25) is 5.78 Å². The van der Waals surface area contributed by atoms with Gasteiger partial charge in [0.1, 0.15) is 10.6 Å². The second-order valence-electron chi connectivity index (χ2n) is 6.82. The molecule has 1 aliphatic rings. The first kappa shape index (κ1) is 18.2. The lowest BCUT2D eigenvalue weighted by Gasteiger charge is -2.26. The maximum Gasteiger partial charge on any atom is 0.203 e. The summed E-state index contributed by atoms with van der Waals surface area (Å²) >= 11 is 1.58. The van der Waals surface area contributed by atoms with Gasteiger partial charge in [-0.15, -0.1) is 11.3 Å². The molecule has 0 amide bonds. The molecule has 27 heavy (non-hydrogen) atoms. The average molecular weight is 385 g/mol. The molecule has 3 heterocycles. The Hall–Kier alpha value is -2.15.